The second kappa shape index (κ2) is 10.1. The van der Waals surface area contributed by atoms with Crippen LogP contribution in [0.2, 0.25) is 5.02 Å². The van der Waals surface area contributed by atoms with E-state index in [1.165, 1.54) is 31.6 Å². The molecule has 160 valence electrons. The van der Waals surface area contributed by atoms with E-state index < -0.39 is 29.1 Å². The van der Waals surface area contributed by atoms with Crippen LogP contribution in [0.5, 0.6) is 0 Å². The zero-order chi connectivity index (χ0) is 22.4. The summed E-state index contributed by atoms with van der Waals surface area (Å²) < 4.78 is 37.3. The van der Waals surface area contributed by atoms with E-state index >= 15 is 0 Å². The summed E-state index contributed by atoms with van der Waals surface area (Å²) in [4.78, 5) is 32.3. The number of halogens is 3. The van der Waals surface area contributed by atoms with Crippen molar-refractivity contribution in [1.29, 1.82) is 0 Å². The molecule has 1 amide bonds. The van der Waals surface area contributed by atoms with Gasteiger partial charge in [-0.05, 0) is 24.3 Å². The molecule has 3 rings (SSSR count). The van der Waals surface area contributed by atoms with Gasteiger partial charge in [0, 0.05) is 12.7 Å². The molecule has 0 fully saturated rings. The molecule has 2 aromatic carbocycles. The van der Waals surface area contributed by atoms with E-state index in [2.05, 4.69) is 15.3 Å². The van der Waals surface area contributed by atoms with Crippen molar-refractivity contribution in [2.75, 3.05) is 25.6 Å². The number of nitrogens with one attached hydrogen (secondary N) is 1. The average molecular weight is 448 g/mol. The molecule has 0 radical (unpaired) electrons. The van der Waals surface area contributed by atoms with Crippen molar-refractivity contribution >= 4 is 29.3 Å². The molecule has 0 saturated carbocycles. The van der Waals surface area contributed by atoms with Crippen molar-refractivity contribution in [1.82, 2.24) is 9.97 Å². The Morgan fingerprint density at radius 3 is 2.42 bits per heavy atom. The molecular formula is C21H16ClF2N3O4. The molecule has 1 aromatic heterocycles. The third-order valence-corrected chi connectivity index (χ3v) is 4.40. The number of nitrogens with zero attached hydrogens (tertiary/aromatic N) is 2. The number of aromatic nitrogens is 2. The average Bonchev–Trinajstić information content (AvgIpc) is 2.74. The van der Waals surface area contributed by atoms with Gasteiger partial charge in [-0.1, -0.05) is 23.7 Å². The molecule has 0 aliphatic rings. The zero-order valence-corrected chi connectivity index (χ0v) is 17.0. The van der Waals surface area contributed by atoms with Gasteiger partial charge in [0.2, 0.25) is 0 Å². The molecular weight excluding hydrogens is 432 g/mol. The van der Waals surface area contributed by atoms with Gasteiger partial charge in [0.1, 0.15) is 23.8 Å². The Labute approximate surface area is 181 Å². The molecule has 0 spiro atoms. The summed E-state index contributed by atoms with van der Waals surface area (Å²) in [5.41, 5.74) is 0.387. The maximum Gasteiger partial charge on any atom is 0.338 e. The van der Waals surface area contributed by atoms with Gasteiger partial charge in [0.25, 0.3) is 5.91 Å². The number of methoxy groups -OCH3 is 1. The Balaban J connectivity index is 1.72. The van der Waals surface area contributed by atoms with E-state index in [1.54, 1.807) is 6.07 Å². The molecule has 3 aromatic rings. The first-order valence-electron chi connectivity index (χ1n) is 8.94. The highest BCUT2D eigenvalue weighted by molar-refractivity contribution is 6.33. The van der Waals surface area contributed by atoms with Crippen LogP contribution in [0.15, 0.2) is 48.8 Å². The smallest absolute Gasteiger partial charge is 0.338 e. The van der Waals surface area contributed by atoms with E-state index in [-0.39, 0.29) is 29.6 Å². The SMILES string of the molecule is COCCOC(=O)c1ccc(-c2cnc(NC(=O)c3c(F)cccc3F)cn2)c(Cl)c1. The van der Waals surface area contributed by atoms with Gasteiger partial charge >= 0.3 is 5.97 Å². The third-order valence-electron chi connectivity index (χ3n) is 4.08. The maximum absolute atomic E-state index is 13.7. The Kier molecular flexibility index (Phi) is 7.22. The number of carbonyl (C=O) groups excluding carboxylic acids is 2. The minimum Gasteiger partial charge on any atom is -0.460 e. The third kappa shape index (κ3) is 5.39. The van der Waals surface area contributed by atoms with Crippen LogP contribution in [0.25, 0.3) is 11.3 Å². The van der Waals surface area contributed by atoms with Gasteiger partial charge in [-0.2, -0.15) is 0 Å². The first kappa shape index (κ1) is 22.3. The molecule has 7 nitrogen and oxygen atoms in total. The lowest BCUT2D eigenvalue weighted by molar-refractivity contribution is 0.0388. The van der Waals surface area contributed by atoms with Gasteiger partial charge in [-0.15, -0.1) is 0 Å². The molecule has 0 saturated heterocycles. The summed E-state index contributed by atoms with van der Waals surface area (Å²) in [5, 5.41) is 2.52. The fraction of sp³-hybridized carbons (Fsp3) is 0.143. The number of anilines is 1. The first-order valence-corrected chi connectivity index (χ1v) is 9.32. The Morgan fingerprint density at radius 2 is 1.81 bits per heavy atom. The van der Waals surface area contributed by atoms with E-state index in [9.17, 15) is 18.4 Å². The summed E-state index contributed by atoms with van der Waals surface area (Å²) in [6, 6.07) is 7.65. The standard InChI is InChI=1S/C21H16ClF2N3O4/c1-30-7-8-31-21(29)12-5-6-13(14(22)9-12)17-10-26-18(11-25-17)27-20(28)19-15(23)3-2-4-16(19)24/h2-6,9-11H,7-8H2,1H3,(H,26,27,28). The quantitative estimate of drug-likeness (QED) is 0.432. The van der Waals surface area contributed by atoms with Gasteiger partial charge < -0.3 is 14.8 Å². The molecule has 0 aliphatic heterocycles. The summed E-state index contributed by atoms with van der Waals surface area (Å²) in [7, 11) is 1.50. The molecule has 0 unspecified atom stereocenters. The Bertz CT molecular complexity index is 1090. The Hall–Kier alpha value is -3.43. The minimum absolute atomic E-state index is 0.00846. The summed E-state index contributed by atoms with van der Waals surface area (Å²) in [6.45, 7) is 0.393. The zero-order valence-electron chi connectivity index (χ0n) is 16.2. The lowest BCUT2D eigenvalue weighted by atomic mass is 10.1. The van der Waals surface area contributed by atoms with Crippen molar-refractivity contribution < 1.29 is 27.8 Å². The lowest BCUT2D eigenvalue weighted by Gasteiger charge is -2.09. The molecule has 0 aliphatic carbocycles. The fourth-order valence-electron chi connectivity index (χ4n) is 2.58. The lowest BCUT2D eigenvalue weighted by Crippen LogP contribution is -2.16. The van der Waals surface area contributed by atoms with Crippen molar-refractivity contribution in [3.05, 3.63) is 76.6 Å². The highest BCUT2D eigenvalue weighted by Gasteiger charge is 2.18. The predicted molar refractivity (Wildman–Crippen MR) is 109 cm³/mol. The molecule has 10 heteroatoms. The number of benzene rings is 2. The molecule has 0 atom stereocenters. The minimum atomic E-state index is -0.993. The van der Waals surface area contributed by atoms with Crippen molar-refractivity contribution in [3.8, 4) is 11.3 Å². The number of hydrogen-bond acceptors (Lipinski definition) is 6. The van der Waals surface area contributed by atoms with Crippen LogP contribution in [-0.2, 0) is 9.47 Å². The number of hydrogen-bond donors (Lipinski definition) is 1. The van der Waals surface area contributed by atoms with Crippen LogP contribution in [0.4, 0.5) is 14.6 Å². The van der Waals surface area contributed by atoms with Crippen molar-refractivity contribution in [3.63, 3.8) is 0 Å². The van der Waals surface area contributed by atoms with E-state index in [0.29, 0.717) is 11.3 Å². The molecule has 31 heavy (non-hydrogen) atoms. The monoisotopic (exact) mass is 447 g/mol. The largest absolute Gasteiger partial charge is 0.460 e. The van der Waals surface area contributed by atoms with E-state index in [0.717, 1.165) is 18.2 Å². The maximum atomic E-state index is 13.7. The van der Waals surface area contributed by atoms with Crippen LogP contribution >= 0.6 is 11.6 Å². The fourth-order valence-corrected chi connectivity index (χ4v) is 2.85. The van der Waals surface area contributed by atoms with Gasteiger partial charge in [-0.3, -0.25) is 9.78 Å². The first-order chi connectivity index (χ1) is 14.9. The normalized spacial score (nSPS) is 10.6. The van der Waals surface area contributed by atoms with Crippen LogP contribution in [0, 0.1) is 11.6 Å². The van der Waals surface area contributed by atoms with Crippen LogP contribution in [-0.4, -0.2) is 42.2 Å². The number of ether oxygens (including phenoxy) is 2. The van der Waals surface area contributed by atoms with Crippen LogP contribution < -0.4 is 5.32 Å². The van der Waals surface area contributed by atoms with Gasteiger partial charge in [-0.25, -0.2) is 18.6 Å². The molecule has 1 heterocycles. The predicted octanol–water partition coefficient (Wildman–Crippen LogP) is 4.13. The van der Waals surface area contributed by atoms with Gasteiger partial charge in [0.15, 0.2) is 5.82 Å². The number of rotatable bonds is 7. The topological polar surface area (TPSA) is 90.4 Å². The van der Waals surface area contributed by atoms with Crippen LogP contribution in [0.1, 0.15) is 20.7 Å². The van der Waals surface area contributed by atoms with Crippen molar-refractivity contribution in [2.45, 2.75) is 0 Å². The van der Waals surface area contributed by atoms with Gasteiger partial charge in [0.05, 0.1) is 35.3 Å². The van der Waals surface area contributed by atoms with E-state index in [1.807, 2.05) is 0 Å². The Morgan fingerprint density at radius 1 is 1.06 bits per heavy atom. The summed E-state index contributed by atoms with van der Waals surface area (Å²) in [5.74, 6) is -3.53. The molecule has 1 N–H and O–H groups in total. The number of carbonyl (C=O) groups is 2. The number of esters is 1. The second-order valence-electron chi connectivity index (χ2n) is 6.16. The number of amides is 1. The highest BCUT2D eigenvalue weighted by atomic mass is 35.5. The highest BCUT2D eigenvalue weighted by Crippen LogP contribution is 2.27. The van der Waals surface area contributed by atoms with E-state index in [4.69, 9.17) is 21.1 Å². The summed E-state index contributed by atoms with van der Waals surface area (Å²) >= 11 is 6.25. The van der Waals surface area contributed by atoms with Crippen molar-refractivity contribution in [2.24, 2.45) is 0 Å². The summed E-state index contributed by atoms with van der Waals surface area (Å²) in [6.07, 6.45) is 2.54. The van der Waals surface area contributed by atoms with Crippen LogP contribution in [0.3, 0.4) is 0 Å². The molecule has 0 bridgehead atoms. The second-order valence-corrected chi connectivity index (χ2v) is 6.57.